The minimum absolute atomic E-state index is 0.0181. The highest BCUT2D eigenvalue weighted by Gasteiger charge is 2.43. The first-order valence-electron chi connectivity index (χ1n) is 10.9. The third kappa shape index (κ3) is 3.70. The molecule has 5 rings (SSSR count). The van der Waals surface area contributed by atoms with Gasteiger partial charge in [-0.1, -0.05) is 35.9 Å². The smallest absolute Gasteiger partial charge is 0.161 e. The second kappa shape index (κ2) is 8.45. The first-order valence-corrected chi connectivity index (χ1v) is 11.8. The van der Waals surface area contributed by atoms with Crippen molar-refractivity contribution < 1.29 is 14.3 Å². The second-order valence-electron chi connectivity index (χ2n) is 8.37. The number of anilines is 1. The lowest BCUT2D eigenvalue weighted by Gasteiger charge is -2.41. The highest BCUT2D eigenvalue weighted by Crippen LogP contribution is 2.48. The maximum Gasteiger partial charge on any atom is 0.161 e. The van der Waals surface area contributed by atoms with E-state index in [4.69, 9.17) is 0 Å². The fourth-order valence-electron chi connectivity index (χ4n) is 4.67. The molecule has 1 aliphatic heterocycles. The normalized spacial score (nSPS) is 20.2. The Morgan fingerprint density at radius 1 is 1.09 bits per heavy atom. The Kier molecular flexibility index (Phi) is 5.46. The molecule has 6 heteroatoms. The van der Waals surface area contributed by atoms with E-state index in [-0.39, 0.29) is 23.2 Å². The van der Waals surface area contributed by atoms with E-state index in [1.165, 1.54) is 23.5 Å². The number of benzene rings is 2. The molecule has 166 valence electrons. The molecule has 33 heavy (non-hydrogen) atoms. The van der Waals surface area contributed by atoms with Crippen LogP contribution in [0, 0.1) is 18.2 Å². The highest BCUT2D eigenvalue weighted by atomic mass is 32.1. The number of amidine groups is 1. The SMILES string of the molecule is Cc1ccc(/C(O)=C2\C(=N)N(c3ccc(F)cc3)C3=C(C(=O)CCC3)C2c2cccs2)cc1. The zero-order chi connectivity index (χ0) is 23.1. The Balaban J connectivity index is 1.80. The molecule has 0 saturated carbocycles. The molecule has 1 aliphatic carbocycles. The number of carbonyl (C=O) groups is 1. The number of ketones is 1. The highest BCUT2D eigenvalue weighted by molar-refractivity contribution is 7.10. The largest absolute Gasteiger partial charge is 0.507 e. The van der Waals surface area contributed by atoms with Gasteiger partial charge in [0.2, 0.25) is 0 Å². The number of nitrogens with zero attached hydrogens (tertiary/aromatic N) is 1. The van der Waals surface area contributed by atoms with Crippen LogP contribution in [0.15, 0.2) is 82.9 Å². The van der Waals surface area contributed by atoms with Crippen molar-refractivity contribution in [1.82, 2.24) is 0 Å². The number of carbonyl (C=O) groups excluding carboxylic acids is 1. The van der Waals surface area contributed by atoms with Crippen molar-refractivity contribution in [2.75, 3.05) is 4.90 Å². The summed E-state index contributed by atoms with van der Waals surface area (Å²) in [5, 5.41) is 22.6. The molecule has 0 spiro atoms. The zero-order valence-corrected chi connectivity index (χ0v) is 19.0. The molecule has 0 fully saturated rings. The van der Waals surface area contributed by atoms with Crippen LogP contribution in [0.25, 0.3) is 5.76 Å². The lowest BCUT2D eigenvalue weighted by Crippen LogP contribution is -2.42. The molecule has 1 aromatic heterocycles. The Morgan fingerprint density at radius 2 is 1.82 bits per heavy atom. The van der Waals surface area contributed by atoms with Gasteiger partial charge in [-0.2, -0.15) is 0 Å². The summed E-state index contributed by atoms with van der Waals surface area (Å²) in [5.41, 5.74) is 4.03. The summed E-state index contributed by atoms with van der Waals surface area (Å²) in [6.45, 7) is 1.97. The summed E-state index contributed by atoms with van der Waals surface area (Å²) < 4.78 is 13.7. The van der Waals surface area contributed by atoms with Gasteiger partial charge in [0, 0.05) is 33.8 Å². The summed E-state index contributed by atoms with van der Waals surface area (Å²) in [5.74, 6) is -0.769. The van der Waals surface area contributed by atoms with Gasteiger partial charge in [0.15, 0.2) is 5.78 Å². The van der Waals surface area contributed by atoms with Crippen LogP contribution < -0.4 is 4.90 Å². The fraction of sp³-hybridized carbons (Fsp3) is 0.185. The Labute approximate surface area is 195 Å². The minimum atomic E-state index is -0.515. The van der Waals surface area contributed by atoms with Crippen molar-refractivity contribution in [2.45, 2.75) is 32.1 Å². The van der Waals surface area contributed by atoms with Crippen LogP contribution in [0.5, 0.6) is 0 Å². The molecule has 3 aromatic rings. The van der Waals surface area contributed by atoms with E-state index >= 15 is 0 Å². The lowest BCUT2D eigenvalue weighted by atomic mass is 9.76. The Morgan fingerprint density at radius 3 is 2.48 bits per heavy atom. The Hall–Kier alpha value is -3.51. The molecule has 0 radical (unpaired) electrons. The van der Waals surface area contributed by atoms with E-state index in [0.29, 0.717) is 41.7 Å². The summed E-state index contributed by atoms with van der Waals surface area (Å²) >= 11 is 1.51. The van der Waals surface area contributed by atoms with Crippen molar-refractivity contribution in [1.29, 1.82) is 5.41 Å². The first-order chi connectivity index (χ1) is 16.0. The van der Waals surface area contributed by atoms with Gasteiger partial charge in [-0.15, -0.1) is 11.3 Å². The molecule has 0 amide bonds. The van der Waals surface area contributed by atoms with Gasteiger partial charge in [0.25, 0.3) is 0 Å². The summed E-state index contributed by atoms with van der Waals surface area (Å²) in [4.78, 5) is 15.9. The van der Waals surface area contributed by atoms with Crippen LogP contribution in [0.3, 0.4) is 0 Å². The first kappa shape index (κ1) is 21.3. The van der Waals surface area contributed by atoms with Gasteiger partial charge >= 0.3 is 0 Å². The van der Waals surface area contributed by atoms with Crippen LogP contribution in [-0.2, 0) is 4.79 Å². The van der Waals surface area contributed by atoms with E-state index in [1.807, 2.05) is 48.7 Å². The average molecular weight is 459 g/mol. The number of aliphatic hydroxyl groups excluding tert-OH is 1. The molecule has 1 atom stereocenters. The van der Waals surface area contributed by atoms with Crippen LogP contribution in [0.4, 0.5) is 10.1 Å². The van der Waals surface area contributed by atoms with Crippen molar-refractivity contribution in [3.63, 3.8) is 0 Å². The maximum absolute atomic E-state index is 13.7. The monoisotopic (exact) mass is 458 g/mol. The summed E-state index contributed by atoms with van der Waals surface area (Å²) in [6, 6.07) is 17.3. The number of nitrogens with one attached hydrogen (secondary N) is 1. The molecule has 4 nitrogen and oxygen atoms in total. The summed E-state index contributed by atoms with van der Waals surface area (Å²) in [7, 11) is 0. The number of hydrogen-bond acceptors (Lipinski definition) is 4. The molecule has 2 aliphatic rings. The molecule has 1 unspecified atom stereocenters. The number of aliphatic hydroxyl groups is 1. The van der Waals surface area contributed by atoms with Crippen molar-refractivity contribution >= 4 is 34.4 Å². The fourth-order valence-corrected chi connectivity index (χ4v) is 5.52. The van der Waals surface area contributed by atoms with E-state index in [0.717, 1.165) is 16.1 Å². The van der Waals surface area contributed by atoms with Crippen LogP contribution in [0.2, 0.25) is 0 Å². The lowest BCUT2D eigenvalue weighted by molar-refractivity contribution is -0.116. The average Bonchev–Trinajstić information content (AvgIpc) is 3.34. The molecule has 0 saturated heterocycles. The number of aryl methyl sites for hydroxylation is 1. The van der Waals surface area contributed by atoms with Crippen molar-refractivity contribution in [3.05, 3.63) is 105 Å². The Bertz CT molecular complexity index is 1290. The summed E-state index contributed by atoms with van der Waals surface area (Å²) in [6.07, 6.45) is 1.77. The minimum Gasteiger partial charge on any atom is -0.507 e. The maximum atomic E-state index is 13.7. The molecule has 2 N–H and O–H groups in total. The molecule has 2 heterocycles. The van der Waals surface area contributed by atoms with Gasteiger partial charge < -0.3 is 5.11 Å². The number of hydrogen-bond donors (Lipinski definition) is 2. The van der Waals surface area contributed by atoms with Crippen LogP contribution in [0.1, 0.15) is 41.2 Å². The number of allylic oxidation sites excluding steroid dienone is 2. The van der Waals surface area contributed by atoms with Gasteiger partial charge in [-0.3, -0.25) is 15.1 Å². The third-order valence-electron chi connectivity index (χ3n) is 6.25. The van der Waals surface area contributed by atoms with Gasteiger partial charge in [0.05, 0.1) is 11.5 Å². The molecular formula is C27H23FN2O2S. The van der Waals surface area contributed by atoms with Crippen LogP contribution >= 0.6 is 11.3 Å². The predicted octanol–water partition coefficient (Wildman–Crippen LogP) is 6.75. The van der Waals surface area contributed by atoms with Gasteiger partial charge in [-0.05, 0) is 55.5 Å². The number of rotatable bonds is 3. The number of thiophene rings is 1. The topological polar surface area (TPSA) is 64.4 Å². The van der Waals surface area contributed by atoms with E-state index in [9.17, 15) is 19.7 Å². The van der Waals surface area contributed by atoms with Crippen molar-refractivity contribution in [2.24, 2.45) is 0 Å². The third-order valence-corrected chi connectivity index (χ3v) is 7.18. The second-order valence-corrected chi connectivity index (χ2v) is 9.35. The van der Waals surface area contributed by atoms with E-state index in [1.54, 1.807) is 17.0 Å². The number of Topliss-reactive ketones (excluding diaryl/α,β-unsaturated/α-hetero) is 1. The van der Waals surface area contributed by atoms with Crippen molar-refractivity contribution in [3.8, 4) is 0 Å². The molecular weight excluding hydrogens is 435 g/mol. The van der Waals surface area contributed by atoms with Crippen LogP contribution in [-0.4, -0.2) is 16.7 Å². The van der Waals surface area contributed by atoms with E-state index < -0.39 is 5.92 Å². The quantitative estimate of drug-likeness (QED) is 0.427. The zero-order valence-electron chi connectivity index (χ0n) is 18.1. The number of halogens is 1. The van der Waals surface area contributed by atoms with Gasteiger partial charge in [0.1, 0.15) is 17.4 Å². The van der Waals surface area contributed by atoms with Gasteiger partial charge in [-0.25, -0.2) is 4.39 Å². The molecule has 2 aromatic carbocycles. The standard InChI is InChI=1S/C27H23FN2O2S/c1-16-7-9-17(10-8-16)26(32)25-24(22-6-3-15-33-22)23-20(4-2-5-21(23)31)30(27(25)29)19-13-11-18(28)12-14-19/h3,6-15,24,29,32H,2,4-5H2,1H3/b26-25+,29-27?. The molecule has 0 bridgehead atoms. The predicted molar refractivity (Wildman–Crippen MR) is 130 cm³/mol. The van der Waals surface area contributed by atoms with E-state index in [2.05, 4.69) is 0 Å².